The normalized spacial score (nSPS) is 15.4. The summed E-state index contributed by atoms with van der Waals surface area (Å²) in [5, 5.41) is 3.76. The minimum Gasteiger partial charge on any atom is -0.459 e. The summed E-state index contributed by atoms with van der Waals surface area (Å²) in [4.78, 5) is 11.9. The molecule has 1 aromatic heterocycles. The van der Waals surface area contributed by atoms with E-state index in [-0.39, 0.29) is 23.9 Å². The van der Waals surface area contributed by atoms with Crippen LogP contribution in [0, 0.1) is 17.6 Å². The average Bonchev–Trinajstić information content (AvgIpc) is 3.02. The van der Waals surface area contributed by atoms with Gasteiger partial charge in [0.05, 0.1) is 5.56 Å². The maximum atomic E-state index is 13.7. The average molecular weight is 335 g/mol. The lowest BCUT2D eigenvalue weighted by Gasteiger charge is -2.20. The van der Waals surface area contributed by atoms with E-state index in [0.717, 1.165) is 25.0 Å². The van der Waals surface area contributed by atoms with Crippen LogP contribution in [0.3, 0.4) is 0 Å². The molecule has 1 saturated carbocycles. The van der Waals surface area contributed by atoms with Gasteiger partial charge in [0.25, 0.3) is 0 Å². The van der Waals surface area contributed by atoms with Crippen LogP contribution < -0.4 is 0 Å². The number of carbonyl (C=O) groups excluding carboxylic acids is 1. The smallest absolute Gasteiger partial charge is 0.306 e. The lowest BCUT2D eigenvalue weighted by atomic mass is 9.87. The largest absolute Gasteiger partial charge is 0.459 e. The number of carbonyl (C=O) groups is 1. The van der Waals surface area contributed by atoms with Crippen molar-refractivity contribution in [3.05, 3.63) is 41.6 Å². The van der Waals surface area contributed by atoms with Gasteiger partial charge in [-0.25, -0.2) is 8.78 Å². The highest BCUT2D eigenvalue weighted by Crippen LogP contribution is 2.27. The summed E-state index contributed by atoms with van der Waals surface area (Å²) < 4.78 is 36.9. The molecule has 0 N–H and O–H groups in total. The highest BCUT2D eigenvalue weighted by Gasteiger charge is 2.18. The molecule has 24 heavy (non-hydrogen) atoms. The van der Waals surface area contributed by atoms with Crippen LogP contribution in [0.25, 0.3) is 11.3 Å². The minimum absolute atomic E-state index is 0.0160. The highest BCUT2D eigenvalue weighted by molar-refractivity contribution is 5.69. The predicted molar refractivity (Wildman–Crippen MR) is 82.8 cm³/mol. The van der Waals surface area contributed by atoms with Crippen LogP contribution in [0.5, 0.6) is 0 Å². The molecule has 0 aliphatic heterocycles. The molecule has 1 aromatic carbocycles. The Hall–Kier alpha value is -2.24. The van der Waals surface area contributed by atoms with Crippen molar-refractivity contribution in [1.82, 2.24) is 5.16 Å². The third-order valence-corrected chi connectivity index (χ3v) is 4.32. The number of hydrogen-bond acceptors (Lipinski definition) is 4. The Balaban J connectivity index is 1.55. The third-order valence-electron chi connectivity index (χ3n) is 4.32. The summed E-state index contributed by atoms with van der Waals surface area (Å²) in [6.07, 6.45) is 6.17. The van der Waals surface area contributed by atoms with Gasteiger partial charge in [-0.2, -0.15) is 0 Å². The van der Waals surface area contributed by atoms with Crippen molar-refractivity contribution in [2.45, 2.75) is 45.1 Å². The summed E-state index contributed by atoms with van der Waals surface area (Å²) in [5.41, 5.74) is 0.509. The molecule has 0 amide bonds. The topological polar surface area (TPSA) is 52.3 Å². The van der Waals surface area contributed by atoms with E-state index >= 15 is 0 Å². The van der Waals surface area contributed by atoms with Crippen LogP contribution >= 0.6 is 0 Å². The maximum Gasteiger partial charge on any atom is 0.306 e. The molecule has 1 aliphatic rings. The van der Waals surface area contributed by atoms with Crippen molar-refractivity contribution < 1.29 is 22.8 Å². The molecule has 0 saturated heterocycles. The van der Waals surface area contributed by atoms with Crippen molar-refractivity contribution in [3.63, 3.8) is 0 Å². The molecule has 0 atom stereocenters. The monoisotopic (exact) mass is 335 g/mol. The molecule has 128 valence electrons. The van der Waals surface area contributed by atoms with Gasteiger partial charge in [-0.1, -0.05) is 24.4 Å². The van der Waals surface area contributed by atoms with Crippen molar-refractivity contribution in [2.24, 2.45) is 5.92 Å². The number of rotatable bonds is 5. The Morgan fingerprint density at radius 1 is 1.21 bits per heavy atom. The predicted octanol–water partition coefficient (Wildman–Crippen LogP) is 4.63. The van der Waals surface area contributed by atoms with Gasteiger partial charge in [-0.3, -0.25) is 4.79 Å². The number of hydrogen-bond donors (Lipinski definition) is 0. The fraction of sp³-hybridized carbons (Fsp3) is 0.444. The first-order chi connectivity index (χ1) is 11.6. The Bertz CT molecular complexity index is 708. The third kappa shape index (κ3) is 4.19. The first-order valence-corrected chi connectivity index (χ1v) is 8.18. The molecule has 0 radical (unpaired) electrons. The van der Waals surface area contributed by atoms with E-state index in [1.165, 1.54) is 31.4 Å². The number of halogens is 2. The van der Waals surface area contributed by atoms with Crippen molar-refractivity contribution in [1.29, 1.82) is 0 Å². The van der Waals surface area contributed by atoms with Crippen molar-refractivity contribution in [2.75, 3.05) is 0 Å². The van der Waals surface area contributed by atoms with Crippen molar-refractivity contribution >= 4 is 5.97 Å². The zero-order valence-electron chi connectivity index (χ0n) is 13.3. The molecule has 0 spiro atoms. The van der Waals surface area contributed by atoms with Gasteiger partial charge in [0, 0.05) is 18.6 Å². The van der Waals surface area contributed by atoms with Crippen LogP contribution in [0.2, 0.25) is 0 Å². The molecule has 3 rings (SSSR count). The second kappa shape index (κ2) is 7.55. The van der Waals surface area contributed by atoms with Gasteiger partial charge >= 0.3 is 5.97 Å². The molecule has 1 fully saturated rings. The summed E-state index contributed by atoms with van der Waals surface area (Å²) in [6.45, 7) is -0.0160. The van der Waals surface area contributed by atoms with Crippen LogP contribution in [-0.2, 0) is 16.1 Å². The summed E-state index contributed by atoms with van der Waals surface area (Å²) >= 11 is 0. The SMILES string of the molecule is O=C(CC1CCCCC1)OCc1cc(-c2ccc(F)cc2F)on1. The minimum atomic E-state index is -0.730. The maximum absolute atomic E-state index is 13.7. The van der Waals surface area contributed by atoms with Gasteiger partial charge in [-0.05, 0) is 30.9 Å². The number of nitrogens with zero attached hydrogens (tertiary/aromatic N) is 1. The van der Waals surface area contributed by atoms with E-state index < -0.39 is 11.6 Å². The van der Waals surface area contributed by atoms with E-state index in [4.69, 9.17) is 9.26 Å². The lowest BCUT2D eigenvalue weighted by Crippen LogP contribution is -2.14. The van der Waals surface area contributed by atoms with Crippen molar-refractivity contribution in [3.8, 4) is 11.3 Å². The van der Waals surface area contributed by atoms with E-state index in [9.17, 15) is 13.6 Å². The zero-order valence-corrected chi connectivity index (χ0v) is 13.3. The zero-order chi connectivity index (χ0) is 16.9. The Morgan fingerprint density at radius 3 is 2.75 bits per heavy atom. The van der Waals surface area contributed by atoms with Gasteiger partial charge < -0.3 is 9.26 Å². The van der Waals surface area contributed by atoms with E-state index in [0.29, 0.717) is 18.0 Å². The molecule has 0 unspecified atom stereocenters. The van der Waals surface area contributed by atoms with Gasteiger partial charge in [0.2, 0.25) is 0 Å². The van der Waals surface area contributed by atoms with E-state index in [1.807, 2.05) is 0 Å². The summed E-state index contributed by atoms with van der Waals surface area (Å²) in [6, 6.07) is 4.70. The number of benzene rings is 1. The summed E-state index contributed by atoms with van der Waals surface area (Å²) in [7, 11) is 0. The molecule has 0 bridgehead atoms. The van der Waals surface area contributed by atoms with Gasteiger partial charge in [-0.15, -0.1) is 0 Å². The lowest BCUT2D eigenvalue weighted by molar-refractivity contribution is -0.146. The fourth-order valence-electron chi connectivity index (χ4n) is 3.04. The van der Waals surface area contributed by atoms with Gasteiger partial charge in [0.15, 0.2) is 5.76 Å². The molecule has 1 heterocycles. The Morgan fingerprint density at radius 2 is 2.00 bits per heavy atom. The van der Waals surface area contributed by atoms with Crippen LogP contribution in [-0.4, -0.2) is 11.1 Å². The van der Waals surface area contributed by atoms with E-state index in [1.54, 1.807) is 0 Å². The van der Waals surface area contributed by atoms with Crippen LogP contribution in [0.4, 0.5) is 8.78 Å². The quantitative estimate of drug-likeness (QED) is 0.747. The molecule has 2 aromatic rings. The highest BCUT2D eigenvalue weighted by atomic mass is 19.1. The Kier molecular flexibility index (Phi) is 5.23. The van der Waals surface area contributed by atoms with Gasteiger partial charge in [0.1, 0.15) is 23.9 Å². The fourth-order valence-corrected chi connectivity index (χ4v) is 3.04. The molecule has 6 heteroatoms. The second-order valence-electron chi connectivity index (χ2n) is 6.18. The second-order valence-corrected chi connectivity index (χ2v) is 6.18. The number of ether oxygens (including phenoxy) is 1. The number of esters is 1. The summed E-state index contributed by atoms with van der Waals surface area (Å²) in [5.74, 6) is -1.06. The molecule has 1 aliphatic carbocycles. The Labute approximate surface area is 138 Å². The van der Waals surface area contributed by atoms with Crippen LogP contribution in [0.1, 0.15) is 44.2 Å². The first-order valence-electron chi connectivity index (χ1n) is 8.18. The van der Waals surface area contributed by atoms with Crippen LogP contribution in [0.15, 0.2) is 28.8 Å². The first kappa shape index (κ1) is 16.6. The molecule has 4 nitrogen and oxygen atoms in total. The van der Waals surface area contributed by atoms with E-state index in [2.05, 4.69) is 5.16 Å². The molecular weight excluding hydrogens is 316 g/mol. The standard InChI is InChI=1S/C18H19F2NO3/c19-13-6-7-15(16(20)9-13)17-10-14(21-24-17)11-23-18(22)8-12-4-2-1-3-5-12/h6-7,9-10,12H,1-5,8,11H2. The number of aromatic nitrogens is 1. The molecular formula is C18H19F2NO3.